The van der Waals surface area contributed by atoms with E-state index in [1.165, 1.54) is 12.4 Å². The summed E-state index contributed by atoms with van der Waals surface area (Å²) in [4.78, 5) is 3.81. The van der Waals surface area contributed by atoms with Crippen LogP contribution in [0.25, 0.3) is 0 Å². The summed E-state index contributed by atoms with van der Waals surface area (Å²) in [5.41, 5.74) is 0.616. The zero-order valence-electron chi connectivity index (χ0n) is 11.1. The minimum atomic E-state index is -4.28. The van der Waals surface area contributed by atoms with Gasteiger partial charge in [0.25, 0.3) is 0 Å². The van der Waals surface area contributed by atoms with E-state index < -0.39 is 12.2 Å². The normalized spacial score (nSPS) is 25.4. The molecular weight excluding hydrogens is 269 g/mol. The molecule has 0 amide bonds. The molecule has 1 aromatic rings. The van der Waals surface area contributed by atoms with Crippen molar-refractivity contribution in [3.63, 3.8) is 0 Å². The number of aliphatic hydroxyl groups is 1. The van der Waals surface area contributed by atoms with Crippen molar-refractivity contribution in [1.29, 1.82) is 0 Å². The van der Waals surface area contributed by atoms with Gasteiger partial charge in [0.05, 0.1) is 6.10 Å². The van der Waals surface area contributed by atoms with Crippen LogP contribution in [0.3, 0.4) is 0 Å². The van der Waals surface area contributed by atoms with Gasteiger partial charge in [0, 0.05) is 18.4 Å². The summed E-state index contributed by atoms with van der Waals surface area (Å²) in [6, 6.07) is 1.48. The van der Waals surface area contributed by atoms with Crippen molar-refractivity contribution in [2.24, 2.45) is 0 Å². The van der Waals surface area contributed by atoms with Gasteiger partial charge >= 0.3 is 6.18 Å². The molecule has 2 N–H and O–H groups in total. The highest BCUT2D eigenvalue weighted by atomic mass is 19.4. The van der Waals surface area contributed by atoms with Crippen molar-refractivity contribution < 1.29 is 18.3 Å². The third-order valence-corrected chi connectivity index (χ3v) is 3.72. The molecule has 1 atom stereocenters. The molecule has 2 rings (SSSR count). The summed E-state index contributed by atoms with van der Waals surface area (Å²) in [6.45, 7) is 0. The predicted octanol–water partition coefficient (Wildman–Crippen LogP) is 2.45. The van der Waals surface area contributed by atoms with Gasteiger partial charge in [0.1, 0.15) is 6.04 Å². The number of nitrogens with zero attached hydrogens (tertiary/aromatic N) is 1. The first kappa shape index (κ1) is 15.3. The molecule has 3 nitrogen and oxygen atoms in total. The number of hydrogen-bond acceptors (Lipinski definition) is 3. The van der Waals surface area contributed by atoms with Crippen molar-refractivity contribution in [2.45, 2.75) is 56.5 Å². The lowest BCUT2D eigenvalue weighted by Crippen LogP contribution is -2.50. The van der Waals surface area contributed by atoms with E-state index in [0.29, 0.717) is 31.2 Å². The van der Waals surface area contributed by atoms with Crippen molar-refractivity contribution >= 4 is 0 Å². The Morgan fingerprint density at radius 1 is 1.20 bits per heavy atom. The number of nitrogens with one attached hydrogen (secondary N) is 1. The van der Waals surface area contributed by atoms with Crippen molar-refractivity contribution in [1.82, 2.24) is 10.3 Å². The van der Waals surface area contributed by atoms with E-state index in [0.717, 1.165) is 0 Å². The third-order valence-electron chi connectivity index (χ3n) is 3.72. The van der Waals surface area contributed by atoms with E-state index in [9.17, 15) is 18.3 Å². The molecule has 1 aromatic heterocycles. The van der Waals surface area contributed by atoms with Gasteiger partial charge in [-0.2, -0.15) is 13.2 Å². The van der Waals surface area contributed by atoms with Crippen LogP contribution in [0.5, 0.6) is 0 Å². The van der Waals surface area contributed by atoms with E-state index in [2.05, 4.69) is 10.3 Å². The fraction of sp³-hybridized carbons (Fsp3) is 0.643. The molecule has 1 heterocycles. The Morgan fingerprint density at radius 3 is 2.35 bits per heavy atom. The second-order valence-corrected chi connectivity index (χ2v) is 5.33. The summed E-state index contributed by atoms with van der Waals surface area (Å²) in [7, 11) is 0. The zero-order chi connectivity index (χ0) is 14.6. The number of rotatable bonds is 4. The number of hydrogen-bond donors (Lipinski definition) is 2. The third kappa shape index (κ3) is 4.45. The Labute approximate surface area is 116 Å². The summed E-state index contributed by atoms with van der Waals surface area (Å²) in [6.07, 6.45) is 0.574. The molecule has 1 unspecified atom stereocenters. The molecule has 0 aliphatic heterocycles. The van der Waals surface area contributed by atoms with Gasteiger partial charge in [-0.1, -0.05) is 0 Å². The van der Waals surface area contributed by atoms with Gasteiger partial charge in [0.15, 0.2) is 0 Å². The highest BCUT2D eigenvalue weighted by molar-refractivity contribution is 5.12. The fourth-order valence-electron chi connectivity index (χ4n) is 2.55. The Hall–Kier alpha value is -1.14. The van der Waals surface area contributed by atoms with Gasteiger partial charge in [0.2, 0.25) is 0 Å². The Morgan fingerprint density at radius 2 is 1.80 bits per heavy atom. The van der Waals surface area contributed by atoms with Crippen molar-refractivity contribution in [2.75, 3.05) is 0 Å². The Kier molecular flexibility index (Phi) is 4.99. The zero-order valence-corrected chi connectivity index (χ0v) is 11.1. The first-order valence-electron chi connectivity index (χ1n) is 6.85. The van der Waals surface area contributed by atoms with Gasteiger partial charge < -0.3 is 10.4 Å². The maximum absolute atomic E-state index is 13.1. The number of pyridine rings is 1. The van der Waals surface area contributed by atoms with Crippen LogP contribution >= 0.6 is 0 Å². The number of aromatic nitrogens is 1. The summed E-state index contributed by atoms with van der Waals surface area (Å²) in [5.74, 6) is 0. The monoisotopic (exact) mass is 288 g/mol. The van der Waals surface area contributed by atoms with E-state index in [1.807, 2.05) is 0 Å². The average Bonchev–Trinajstić information content (AvgIpc) is 2.40. The quantitative estimate of drug-likeness (QED) is 0.894. The van der Waals surface area contributed by atoms with Crippen LogP contribution in [0.4, 0.5) is 13.2 Å². The molecule has 20 heavy (non-hydrogen) atoms. The number of aliphatic hydroxyl groups excluding tert-OH is 1. The van der Waals surface area contributed by atoms with Gasteiger partial charge in [-0.25, -0.2) is 0 Å². The summed E-state index contributed by atoms with van der Waals surface area (Å²) in [5, 5.41) is 12.1. The SMILES string of the molecule is OC1CCC(NC(Cc2ccncc2)C(F)(F)F)CC1. The Bertz CT molecular complexity index is 403. The maximum atomic E-state index is 13.1. The van der Waals surface area contributed by atoms with Crippen LogP contribution in [-0.4, -0.2) is 34.5 Å². The van der Waals surface area contributed by atoms with Crippen LogP contribution in [0.15, 0.2) is 24.5 Å². The molecule has 0 spiro atoms. The molecule has 0 bridgehead atoms. The highest BCUT2D eigenvalue weighted by Gasteiger charge is 2.40. The van der Waals surface area contributed by atoms with Crippen LogP contribution < -0.4 is 5.32 Å². The molecule has 1 saturated carbocycles. The first-order valence-corrected chi connectivity index (χ1v) is 6.85. The van der Waals surface area contributed by atoms with E-state index in [-0.39, 0.29) is 18.6 Å². The molecule has 1 aliphatic carbocycles. The minimum Gasteiger partial charge on any atom is -0.393 e. The second kappa shape index (κ2) is 6.54. The molecular formula is C14H19F3N2O. The highest BCUT2D eigenvalue weighted by Crippen LogP contribution is 2.26. The molecule has 1 aliphatic rings. The average molecular weight is 288 g/mol. The molecule has 112 valence electrons. The number of alkyl halides is 3. The van der Waals surface area contributed by atoms with Crippen molar-refractivity contribution in [3.8, 4) is 0 Å². The van der Waals surface area contributed by atoms with E-state index in [1.54, 1.807) is 12.1 Å². The van der Waals surface area contributed by atoms with Gasteiger partial charge in [-0.15, -0.1) is 0 Å². The fourth-order valence-corrected chi connectivity index (χ4v) is 2.55. The van der Waals surface area contributed by atoms with Crippen LogP contribution in [-0.2, 0) is 6.42 Å². The summed E-state index contributed by atoms with van der Waals surface area (Å²) >= 11 is 0. The lowest BCUT2D eigenvalue weighted by molar-refractivity contribution is -0.158. The smallest absolute Gasteiger partial charge is 0.393 e. The van der Waals surface area contributed by atoms with Gasteiger partial charge in [-0.3, -0.25) is 4.98 Å². The van der Waals surface area contributed by atoms with Crippen molar-refractivity contribution in [3.05, 3.63) is 30.1 Å². The maximum Gasteiger partial charge on any atom is 0.404 e. The van der Waals surface area contributed by atoms with Gasteiger partial charge in [-0.05, 0) is 49.8 Å². The Balaban J connectivity index is 1.97. The molecule has 6 heteroatoms. The first-order chi connectivity index (χ1) is 9.45. The topological polar surface area (TPSA) is 45.1 Å². The standard InChI is InChI=1S/C14H19F3N2O/c15-14(16,17)13(9-10-5-7-18-8-6-10)19-11-1-3-12(20)4-2-11/h5-8,11-13,19-20H,1-4,9H2. The molecule has 0 radical (unpaired) electrons. The second-order valence-electron chi connectivity index (χ2n) is 5.33. The predicted molar refractivity (Wildman–Crippen MR) is 69.2 cm³/mol. The largest absolute Gasteiger partial charge is 0.404 e. The lowest BCUT2D eigenvalue weighted by Gasteiger charge is -2.31. The van der Waals surface area contributed by atoms with Crippen LogP contribution in [0.2, 0.25) is 0 Å². The van der Waals surface area contributed by atoms with Crippen LogP contribution in [0.1, 0.15) is 31.2 Å². The molecule has 0 saturated heterocycles. The van der Waals surface area contributed by atoms with E-state index >= 15 is 0 Å². The molecule has 1 fully saturated rings. The van der Waals surface area contributed by atoms with Crippen LogP contribution in [0, 0.1) is 0 Å². The number of halogens is 3. The minimum absolute atomic E-state index is 0.0922. The lowest BCUT2D eigenvalue weighted by atomic mass is 9.92. The summed E-state index contributed by atoms with van der Waals surface area (Å²) < 4.78 is 39.3. The van der Waals surface area contributed by atoms with E-state index in [4.69, 9.17) is 0 Å². The molecule has 0 aromatic carbocycles.